The van der Waals surface area contributed by atoms with Crippen molar-refractivity contribution in [3.63, 3.8) is 0 Å². The number of hydrogen-bond acceptors (Lipinski definition) is 2. The molecule has 0 radical (unpaired) electrons. The molecule has 1 atom stereocenters. The third-order valence-corrected chi connectivity index (χ3v) is 3.64. The average Bonchev–Trinajstić information content (AvgIpc) is 2.22. The van der Waals surface area contributed by atoms with Gasteiger partial charge in [0.1, 0.15) is 0 Å². The Morgan fingerprint density at radius 1 is 1.21 bits per heavy atom. The quantitative estimate of drug-likeness (QED) is 0.637. The first-order valence-electron chi connectivity index (χ1n) is 5.13. The van der Waals surface area contributed by atoms with Crippen LogP contribution in [0.4, 0.5) is 8.78 Å². The third kappa shape index (κ3) is 1.65. The van der Waals surface area contributed by atoms with E-state index >= 15 is 0 Å². The Bertz CT molecular complexity index is 232. The minimum absolute atomic E-state index is 0.0401. The highest BCUT2D eigenvalue weighted by Gasteiger charge is 2.50. The second kappa shape index (κ2) is 2.89. The number of alkyl halides is 2. The lowest BCUT2D eigenvalue weighted by molar-refractivity contribution is -0.144. The number of halogens is 2. The Kier molecular flexibility index (Phi) is 2.13. The topological polar surface area (TPSA) is 6.48 Å². The highest BCUT2D eigenvalue weighted by molar-refractivity contribution is 5.00. The maximum Gasteiger partial charge on any atom is 0.272 e. The molecular weight excluding hydrogens is 186 g/mol. The standard InChI is InChI=1S/C10H18F2N2/c1-9(2)4-8(5-13(9)3)14-6-10(11,12)7-14/h8H,4-7H2,1-3H3. The molecule has 2 aliphatic rings. The number of rotatable bonds is 1. The number of likely N-dealkylation sites (tertiary alicyclic amines) is 2. The first-order chi connectivity index (χ1) is 6.30. The van der Waals surface area contributed by atoms with Crippen LogP contribution in [-0.2, 0) is 0 Å². The largest absolute Gasteiger partial charge is 0.300 e. The van der Waals surface area contributed by atoms with E-state index in [1.165, 1.54) is 0 Å². The molecule has 2 heterocycles. The highest BCUT2D eigenvalue weighted by Crippen LogP contribution is 2.36. The molecule has 0 aromatic heterocycles. The predicted octanol–water partition coefficient (Wildman–Crippen LogP) is 1.42. The van der Waals surface area contributed by atoms with Gasteiger partial charge in [-0.25, -0.2) is 8.78 Å². The number of nitrogens with zero attached hydrogens (tertiary/aromatic N) is 2. The van der Waals surface area contributed by atoms with E-state index < -0.39 is 5.92 Å². The van der Waals surface area contributed by atoms with Crippen molar-refractivity contribution >= 4 is 0 Å². The van der Waals surface area contributed by atoms with Crippen LogP contribution >= 0.6 is 0 Å². The fourth-order valence-corrected chi connectivity index (χ4v) is 2.41. The SMILES string of the molecule is CN1CC(N2CC(F)(F)C2)CC1(C)C. The van der Waals surface area contributed by atoms with Crippen LogP contribution < -0.4 is 0 Å². The molecule has 2 saturated heterocycles. The Labute approximate surface area is 83.9 Å². The van der Waals surface area contributed by atoms with Gasteiger partial charge in [-0.15, -0.1) is 0 Å². The minimum atomic E-state index is -2.43. The molecule has 0 aromatic carbocycles. The summed E-state index contributed by atoms with van der Waals surface area (Å²) in [5, 5.41) is 0. The number of likely N-dealkylation sites (N-methyl/N-ethyl adjacent to an activating group) is 1. The van der Waals surface area contributed by atoms with Crippen molar-refractivity contribution in [2.45, 2.75) is 37.8 Å². The van der Waals surface area contributed by atoms with Crippen molar-refractivity contribution < 1.29 is 8.78 Å². The molecule has 2 rings (SSSR count). The first kappa shape index (κ1) is 10.3. The molecule has 0 bridgehead atoms. The monoisotopic (exact) mass is 204 g/mol. The molecule has 0 N–H and O–H groups in total. The molecule has 4 heteroatoms. The molecular formula is C10H18F2N2. The lowest BCUT2D eigenvalue weighted by Gasteiger charge is -2.42. The third-order valence-electron chi connectivity index (χ3n) is 3.64. The van der Waals surface area contributed by atoms with Crippen LogP contribution in [0.25, 0.3) is 0 Å². The van der Waals surface area contributed by atoms with E-state index in [1.54, 1.807) is 0 Å². The normalized spacial score (nSPS) is 37.1. The zero-order valence-corrected chi connectivity index (χ0v) is 9.06. The van der Waals surface area contributed by atoms with Crippen LogP contribution in [0, 0.1) is 0 Å². The van der Waals surface area contributed by atoms with Crippen LogP contribution in [0.15, 0.2) is 0 Å². The van der Waals surface area contributed by atoms with E-state index in [1.807, 2.05) is 4.90 Å². The maximum atomic E-state index is 12.7. The summed E-state index contributed by atoms with van der Waals surface area (Å²) in [7, 11) is 2.07. The Morgan fingerprint density at radius 3 is 2.14 bits per heavy atom. The molecule has 2 fully saturated rings. The van der Waals surface area contributed by atoms with Gasteiger partial charge < -0.3 is 0 Å². The van der Waals surface area contributed by atoms with Crippen molar-refractivity contribution in [1.82, 2.24) is 9.80 Å². The van der Waals surface area contributed by atoms with Gasteiger partial charge in [0.05, 0.1) is 13.1 Å². The molecule has 0 aromatic rings. The van der Waals surface area contributed by atoms with Crippen molar-refractivity contribution in [3.05, 3.63) is 0 Å². The predicted molar refractivity (Wildman–Crippen MR) is 51.6 cm³/mol. The van der Waals surface area contributed by atoms with E-state index in [-0.39, 0.29) is 18.6 Å². The molecule has 0 amide bonds. The average molecular weight is 204 g/mol. The molecule has 1 unspecified atom stereocenters. The van der Waals surface area contributed by atoms with Crippen molar-refractivity contribution in [2.75, 3.05) is 26.7 Å². The highest BCUT2D eigenvalue weighted by atomic mass is 19.3. The van der Waals surface area contributed by atoms with Gasteiger partial charge in [-0.05, 0) is 27.3 Å². The maximum absolute atomic E-state index is 12.7. The van der Waals surface area contributed by atoms with E-state index in [0.717, 1.165) is 13.0 Å². The van der Waals surface area contributed by atoms with Crippen molar-refractivity contribution in [1.29, 1.82) is 0 Å². The van der Waals surface area contributed by atoms with Crippen molar-refractivity contribution in [2.24, 2.45) is 0 Å². The molecule has 82 valence electrons. The van der Waals surface area contributed by atoms with Crippen LogP contribution in [0.2, 0.25) is 0 Å². The van der Waals surface area contributed by atoms with Gasteiger partial charge in [-0.1, -0.05) is 0 Å². The first-order valence-corrected chi connectivity index (χ1v) is 5.13. The summed E-state index contributed by atoms with van der Waals surface area (Å²) < 4.78 is 25.4. The summed E-state index contributed by atoms with van der Waals surface area (Å²) >= 11 is 0. The number of hydrogen-bond donors (Lipinski definition) is 0. The van der Waals surface area contributed by atoms with E-state index in [4.69, 9.17) is 0 Å². The van der Waals surface area contributed by atoms with E-state index in [2.05, 4.69) is 25.8 Å². The Hall–Kier alpha value is -0.220. The van der Waals surface area contributed by atoms with Crippen LogP contribution in [-0.4, -0.2) is 54.0 Å². The van der Waals surface area contributed by atoms with E-state index in [9.17, 15) is 8.78 Å². The van der Waals surface area contributed by atoms with Gasteiger partial charge in [0.2, 0.25) is 0 Å². The van der Waals surface area contributed by atoms with Crippen molar-refractivity contribution in [3.8, 4) is 0 Å². The Morgan fingerprint density at radius 2 is 1.79 bits per heavy atom. The fraction of sp³-hybridized carbons (Fsp3) is 1.00. The summed E-state index contributed by atoms with van der Waals surface area (Å²) in [5.74, 6) is -2.43. The summed E-state index contributed by atoms with van der Waals surface area (Å²) in [5.41, 5.74) is 0.162. The second-order valence-electron chi connectivity index (χ2n) is 5.31. The zero-order valence-electron chi connectivity index (χ0n) is 9.06. The lowest BCUT2D eigenvalue weighted by Crippen LogP contribution is -2.60. The van der Waals surface area contributed by atoms with Gasteiger partial charge in [-0.2, -0.15) is 0 Å². The van der Waals surface area contributed by atoms with Crippen LogP contribution in [0.3, 0.4) is 0 Å². The molecule has 14 heavy (non-hydrogen) atoms. The molecule has 2 aliphatic heterocycles. The van der Waals surface area contributed by atoms with E-state index in [0.29, 0.717) is 6.04 Å². The summed E-state index contributed by atoms with van der Waals surface area (Å²) in [6.45, 7) is 5.18. The van der Waals surface area contributed by atoms with Gasteiger partial charge in [-0.3, -0.25) is 9.80 Å². The molecule has 0 spiro atoms. The van der Waals surface area contributed by atoms with Crippen LogP contribution in [0.1, 0.15) is 20.3 Å². The molecule has 0 aliphatic carbocycles. The summed E-state index contributed by atoms with van der Waals surface area (Å²) in [6, 6.07) is 0.328. The summed E-state index contributed by atoms with van der Waals surface area (Å²) in [6.07, 6.45) is 1.000. The fourth-order valence-electron chi connectivity index (χ4n) is 2.41. The zero-order chi connectivity index (χ0) is 10.6. The van der Waals surface area contributed by atoms with Crippen LogP contribution in [0.5, 0.6) is 0 Å². The smallest absolute Gasteiger partial charge is 0.272 e. The lowest BCUT2D eigenvalue weighted by atomic mass is 9.97. The van der Waals surface area contributed by atoms with Gasteiger partial charge in [0, 0.05) is 18.1 Å². The van der Waals surface area contributed by atoms with Gasteiger partial charge in [0.25, 0.3) is 5.92 Å². The Balaban J connectivity index is 1.91. The second-order valence-corrected chi connectivity index (χ2v) is 5.31. The van der Waals surface area contributed by atoms with Gasteiger partial charge >= 0.3 is 0 Å². The minimum Gasteiger partial charge on any atom is -0.300 e. The molecule has 2 nitrogen and oxygen atoms in total. The summed E-state index contributed by atoms with van der Waals surface area (Å²) in [4.78, 5) is 4.17. The molecule has 0 saturated carbocycles. The van der Waals surface area contributed by atoms with Gasteiger partial charge in [0.15, 0.2) is 0 Å².